The van der Waals surface area contributed by atoms with Crippen LogP contribution >= 0.6 is 0 Å². The summed E-state index contributed by atoms with van der Waals surface area (Å²) in [6, 6.07) is 6.21. The lowest BCUT2D eigenvalue weighted by Crippen LogP contribution is -1.91. The van der Waals surface area contributed by atoms with Gasteiger partial charge in [0.1, 0.15) is 12.9 Å². The Morgan fingerprint density at radius 1 is 1.33 bits per heavy atom. The fourth-order valence-corrected chi connectivity index (χ4v) is 1.45. The zero-order valence-electron chi connectivity index (χ0n) is 9.49. The molecular formula is C12H17NO2. The number of nitrogens with zero attached hydrogens (tertiary/aromatic N) is 1. The van der Waals surface area contributed by atoms with E-state index in [4.69, 9.17) is 4.74 Å². The molecule has 1 aromatic carbocycles. The Morgan fingerprint density at radius 2 is 2.13 bits per heavy atom. The van der Waals surface area contributed by atoms with E-state index >= 15 is 0 Å². The van der Waals surface area contributed by atoms with Crippen molar-refractivity contribution >= 4 is 6.21 Å². The molecule has 0 radical (unpaired) electrons. The molecule has 0 unspecified atom stereocenters. The Balaban J connectivity index is 2.55. The van der Waals surface area contributed by atoms with E-state index in [1.165, 1.54) is 11.1 Å². The van der Waals surface area contributed by atoms with E-state index < -0.39 is 0 Å². The summed E-state index contributed by atoms with van der Waals surface area (Å²) in [5.41, 5.74) is 2.45. The zero-order chi connectivity index (χ0) is 11.1. The SMILES string of the molecule is CON=CCCc1ccc(OC)c(C)c1. The van der Waals surface area contributed by atoms with Gasteiger partial charge in [-0.25, -0.2) is 0 Å². The van der Waals surface area contributed by atoms with Crippen molar-refractivity contribution in [2.75, 3.05) is 14.2 Å². The van der Waals surface area contributed by atoms with Crippen LogP contribution in [0.2, 0.25) is 0 Å². The third-order valence-corrected chi connectivity index (χ3v) is 2.20. The number of oxime groups is 1. The second-order valence-corrected chi connectivity index (χ2v) is 3.31. The van der Waals surface area contributed by atoms with Gasteiger partial charge in [-0.15, -0.1) is 0 Å². The lowest BCUT2D eigenvalue weighted by Gasteiger charge is -2.06. The van der Waals surface area contributed by atoms with Gasteiger partial charge in [0.05, 0.1) is 7.11 Å². The van der Waals surface area contributed by atoms with Crippen LogP contribution < -0.4 is 4.74 Å². The first-order valence-electron chi connectivity index (χ1n) is 4.96. The van der Waals surface area contributed by atoms with Gasteiger partial charge in [0, 0.05) is 6.21 Å². The Hall–Kier alpha value is -1.51. The molecule has 0 N–H and O–H groups in total. The van der Waals surface area contributed by atoms with E-state index in [2.05, 4.69) is 22.1 Å². The third-order valence-electron chi connectivity index (χ3n) is 2.20. The van der Waals surface area contributed by atoms with E-state index in [1.807, 2.05) is 13.0 Å². The van der Waals surface area contributed by atoms with Gasteiger partial charge in [0.15, 0.2) is 0 Å². The molecule has 3 heteroatoms. The van der Waals surface area contributed by atoms with Gasteiger partial charge in [0.25, 0.3) is 0 Å². The molecule has 82 valence electrons. The highest BCUT2D eigenvalue weighted by molar-refractivity contribution is 5.56. The van der Waals surface area contributed by atoms with Crippen LogP contribution in [-0.2, 0) is 11.3 Å². The number of hydrogen-bond acceptors (Lipinski definition) is 3. The van der Waals surface area contributed by atoms with Crippen molar-refractivity contribution in [2.45, 2.75) is 19.8 Å². The zero-order valence-corrected chi connectivity index (χ0v) is 9.49. The molecule has 15 heavy (non-hydrogen) atoms. The molecule has 0 spiro atoms. The van der Waals surface area contributed by atoms with Crippen molar-refractivity contribution in [3.05, 3.63) is 29.3 Å². The number of rotatable bonds is 5. The third kappa shape index (κ3) is 3.62. The molecule has 0 saturated heterocycles. The normalized spacial score (nSPS) is 10.6. The summed E-state index contributed by atoms with van der Waals surface area (Å²) in [6.45, 7) is 2.05. The van der Waals surface area contributed by atoms with E-state index in [-0.39, 0.29) is 0 Å². The molecular weight excluding hydrogens is 190 g/mol. The predicted molar refractivity (Wildman–Crippen MR) is 61.6 cm³/mol. The van der Waals surface area contributed by atoms with Crippen molar-refractivity contribution in [3.63, 3.8) is 0 Å². The van der Waals surface area contributed by atoms with Crippen molar-refractivity contribution in [2.24, 2.45) is 5.16 Å². The maximum Gasteiger partial charge on any atom is 0.121 e. The van der Waals surface area contributed by atoms with Crippen LogP contribution in [-0.4, -0.2) is 20.4 Å². The van der Waals surface area contributed by atoms with Gasteiger partial charge in [-0.3, -0.25) is 0 Å². The van der Waals surface area contributed by atoms with Crippen LogP contribution in [0.3, 0.4) is 0 Å². The summed E-state index contributed by atoms with van der Waals surface area (Å²) >= 11 is 0. The minimum atomic E-state index is 0.889. The Labute approximate surface area is 90.7 Å². The van der Waals surface area contributed by atoms with E-state index in [9.17, 15) is 0 Å². The number of methoxy groups -OCH3 is 1. The second-order valence-electron chi connectivity index (χ2n) is 3.31. The first-order valence-corrected chi connectivity index (χ1v) is 4.96. The Bertz CT molecular complexity index is 334. The number of hydrogen-bond donors (Lipinski definition) is 0. The lowest BCUT2D eigenvalue weighted by atomic mass is 10.1. The van der Waals surface area contributed by atoms with E-state index in [0.29, 0.717) is 0 Å². The Kier molecular flexibility index (Phi) is 4.68. The summed E-state index contributed by atoms with van der Waals surface area (Å²) in [5, 5.41) is 3.69. The largest absolute Gasteiger partial charge is 0.496 e. The van der Waals surface area contributed by atoms with Gasteiger partial charge in [0.2, 0.25) is 0 Å². The monoisotopic (exact) mass is 207 g/mol. The molecule has 0 fully saturated rings. The highest BCUT2D eigenvalue weighted by Gasteiger charge is 1.98. The fourth-order valence-electron chi connectivity index (χ4n) is 1.45. The summed E-state index contributed by atoms with van der Waals surface area (Å²) in [6.07, 6.45) is 3.64. The first kappa shape index (κ1) is 11.6. The summed E-state index contributed by atoms with van der Waals surface area (Å²) in [4.78, 5) is 4.59. The van der Waals surface area contributed by atoms with Crippen molar-refractivity contribution < 1.29 is 9.57 Å². The van der Waals surface area contributed by atoms with Gasteiger partial charge < -0.3 is 9.57 Å². The minimum Gasteiger partial charge on any atom is -0.496 e. The van der Waals surface area contributed by atoms with Crippen molar-refractivity contribution in [1.82, 2.24) is 0 Å². The number of ether oxygens (including phenoxy) is 1. The molecule has 0 aliphatic heterocycles. The molecule has 0 atom stereocenters. The molecule has 0 aliphatic rings. The summed E-state index contributed by atoms with van der Waals surface area (Å²) in [5.74, 6) is 0.935. The average molecular weight is 207 g/mol. The lowest BCUT2D eigenvalue weighted by molar-refractivity contribution is 0.214. The van der Waals surface area contributed by atoms with Gasteiger partial charge in [-0.2, -0.15) is 0 Å². The van der Waals surface area contributed by atoms with Crippen LogP contribution in [0.1, 0.15) is 17.5 Å². The maximum absolute atomic E-state index is 5.20. The van der Waals surface area contributed by atoms with Crippen LogP contribution in [0, 0.1) is 6.92 Å². The maximum atomic E-state index is 5.20. The van der Waals surface area contributed by atoms with Gasteiger partial charge >= 0.3 is 0 Å². The molecule has 0 bridgehead atoms. The average Bonchev–Trinajstić information content (AvgIpc) is 2.25. The van der Waals surface area contributed by atoms with Crippen LogP contribution in [0.5, 0.6) is 5.75 Å². The minimum absolute atomic E-state index is 0.889. The Morgan fingerprint density at radius 3 is 2.73 bits per heavy atom. The molecule has 3 nitrogen and oxygen atoms in total. The number of aryl methyl sites for hydroxylation is 2. The molecule has 0 aromatic heterocycles. The van der Waals surface area contributed by atoms with Crippen molar-refractivity contribution in [1.29, 1.82) is 0 Å². The fraction of sp³-hybridized carbons (Fsp3) is 0.417. The summed E-state index contributed by atoms with van der Waals surface area (Å²) in [7, 11) is 3.24. The van der Waals surface area contributed by atoms with Crippen LogP contribution in [0.4, 0.5) is 0 Å². The molecule has 0 aliphatic carbocycles. The quantitative estimate of drug-likeness (QED) is 0.549. The van der Waals surface area contributed by atoms with Crippen LogP contribution in [0.25, 0.3) is 0 Å². The molecule has 1 rings (SSSR count). The summed E-state index contributed by atoms with van der Waals surface area (Å²) < 4.78 is 5.20. The van der Waals surface area contributed by atoms with E-state index in [1.54, 1.807) is 20.4 Å². The number of benzene rings is 1. The second kappa shape index (κ2) is 6.06. The topological polar surface area (TPSA) is 30.8 Å². The van der Waals surface area contributed by atoms with Gasteiger partial charge in [-0.1, -0.05) is 17.3 Å². The van der Waals surface area contributed by atoms with Gasteiger partial charge in [-0.05, 0) is 37.0 Å². The molecule has 0 heterocycles. The molecule has 0 saturated carbocycles. The van der Waals surface area contributed by atoms with E-state index in [0.717, 1.165) is 18.6 Å². The standard InChI is InChI=1S/C12H17NO2/c1-10-9-11(5-4-8-13-15-3)6-7-12(10)14-2/h6-9H,4-5H2,1-3H3. The molecule has 0 amide bonds. The highest BCUT2D eigenvalue weighted by atomic mass is 16.6. The predicted octanol–water partition coefficient (Wildman–Crippen LogP) is 2.57. The van der Waals surface area contributed by atoms with Crippen LogP contribution in [0.15, 0.2) is 23.4 Å². The smallest absolute Gasteiger partial charge is 0.121 e. The first-order chi connectivity index (χ1) is 7.27. The highest BCUT2D eigenvalue weighted by Crippen LogP contribution is 2.18. The molecule has 1 aromatic rings. The van der Waals surface area contributed by atoms with Crippen molar-refractivity contribution in [3.8, 4) is 5.75 Å².